The molecule has 1 heterocycles. The van der Waals surface area contributed by atoms with Crippen molar-refractivity contribution in [3.8, 4) is 28.5 Å². The van der Waals surface area contributed by atoms with Crippen LogP contribution in [-0.4, -0.2) is 43.6 Å². The summed E-state index contributed by atoms with van der Waals surface area (Å²) in [5.74, 6) is 1.19. The highest BCUT2D eigenvalue weighted by molar-refractivity contribution is 5.94. The number of nitrogens with zero attached hydrogens (tertiary/aromatic N) is 2. The SMILES string of the molecule is CCc1ccc(-c2cc(C(=O)N/N=C/c3cc(OC)c(OC)cc3OC)[nH]n2)cc1. The smallest absolute Gasteiger partial charge is 0.289 e. The van der Waals surface area contributed by atoms with Crippen molar-refractivity contribution in [2.45, 2.75) is 13.3 Å². The van der Waals surface area contributed by atoms with E-state index in [1.54, 1.807) is 32.4 Å². The van der Waals surface area contributed by atoms with Gasteiger partial charge in [0, 0.05) is 17.2 Å². The van der Waals surface area contributed by atoms with Gasteiger partial charge in [-0.2, -0.15) is 10.2 Å². The molecule has 0 aliphatic rings. The van der Waals surface area contributed by atoms with Gasteiger partial charge in [0.15, 0.2) is 11.5 Å². The lowest BCUT2D eigenvalue weighted by atomic mass is 10.1. The molecule has 8 nitrogen and oxygen atoms in total. The van der Waals surface area contributed by atoms with Crippen molar-refractivity contribution in [3.63, 3.8) is 0 Å². The van der Waals surface area contributed by atoms with E-state index < -0.39 is 5.91 Å². The zero-order valence-electron chi connectivity index (χ0n) is 17.4. The minimum Gasteiger partial charge on any atom is -0.496 e. The Morgan fingerprint density at radius 2 is 1.70 bits per heavy atom. The number of hydrogen-bond acceptors (Lipinski definition) is 6. The van der Waals surface area contributed by atoms with Crippen molar-refractivity contribution in [2.75, 3.05) is 21.3 Å². The molecule has 3 aromatic rings. The third kappa shape index (κ3) is 4.60. The molecule has 156 valence electrons. The fourth-order valence-electron chi connectivity index (χ4n) is 2.87. The molecule has 0 aliphatic carbocycles. The number of hydrazone groups is 1. The molecule has 0 aliphatic heterocycles. The highest BCUT2D eigenvalue weighted by Gasteiger charge is 2.12. The van der Waals surface area contributed by atoms with Gasteiger partial charge in [0.05, 0.1) is 33.2 Å². The lowest BCUT2D eigenvalue weighted by Gasteiger charge is -2.11. The van der Waals surface area contributed by atoms with Crippen LogP contribution in [0, 0.1) is 0 Å². The molecule has 30 heavy (non-hydrogen) atoms. The van der Waals surface area contributed by atoms with Gasteiger partial charge in [-0.25, -0.2) is 5.43 Å². The summed E-state index contributed by atoms with van der Waals surface area (Å²) >= 11 is 0. The maximum atomic E-state index is 12.4. The van der Waals surface area contributed by atoms with Crippen LogP contribution >= 0.6 is 0 Å². The van der Waals surface area contributed by atoms with E-state index in [2.05, 4.69) is 27.6 Å². The topological polar surface area (TPSA) is 97.8 Å². The van der Waals surface area contributed by atoms with E-state index in [0.29, 0.717) is 34.2 Å². The normalized spacial score (nSPS) is 10.8. The second-order valence-corrected chi connectivity index (χ2v) is 6.37. The highest BCUT2D eigenvalue weighted by Crippen LogP contribution is 2.33. The van der Waals surface area contributed by atoms with Crippen LogP contribution in [0.4, 0.5) is 0 Å². The van der Waals surface area contributed by atoms with E-state index in [0.717, 1.165) is 12.0 Å². The lowest BCUT2D eigenvalue weighted by Crippen LogP contribution is -2.18. The number of benzene rings is 2. The Kier molecular flexibility index (Phi) is 6.69. The maximum Gasteiger partial charge on any atom is 0.289 e. The van der Waals surface area contributed by atoms with E-state index in [9.17, 15) is 4.79 Å². The Morgan fingerprint density at radius 1 is 1.03 bits per heavy atom. The summed E-state index contributed by atoms with van der Waals surface area (Å²) in [6, 6.07) is 13.1. The fraction of sp³-hybridized carbons (Fsp3) is 0.227. The first-order valence-corrected chi connectivity index (χ1v) is 9.37. The van der Waals surface area contributed by atoms with Crippen LogP contribution in [0.5, 0.6) is 17.2 Å². The number of carbonyl (C=O) groups excluding carboxylic acids is 1. The van der Waals surface area contributed by atoms with Crippen molar-refractivity contribution in [1.82, 2.24) is 15.6 Å². The fourth-order valence-corrected chi connectivity index (χ4v) is 2.87. The number of aromatic nitrogens is 2. The summed E-state index contributed by atoms with van der Waals surface area (Å²) in [7, 11) is 4.62. The van der Waals surface area contributed by atoms with Crippen LogP contribution in [0.15, 0.2) is 47.6 Å². The first-order valence-electron chi connectivity index (χ1n) is 9.37. The Hall–Kier alpha value is -3.81. The largest absolute Gasteiger partial charge is 0.496 e. The highest BCUT2D eigenvalue weighted by atomic mass is 16.5. The van der Waals surface area contributed by atoms with Gasteiger partial charge in [-0.1, -0.05) is 31.2 Å². The van der Waals surface area contributed by atoms with Crippen molar-refractivity contribution < 1.29 is 19.0 Å². The van der Waals surface area contributed by atoms with Crippen molar-refractivity contribution >= 4 is 12.1 Å². The summed E-state index contributed by atoms with van der Waals surface area (Å²) in [6.07, 6.45) is 2.44. The summed E-state index contributed by atoms with van der Waals surface area (Å²) in [5.41, 5.74) is 6.27. The summed E-state index contributed by atoms with van der Waals surface area (Å²) in [5, 5.41) is 11.0. The van der Waals surface area contributed by atoms with Gasteiger partial charge < -0.3 is 14.2 Å². The molecule has 0 radical (unpaired) electrons. The van der Waals surface area contributed by atoms with Gasteiger partial charge >= 0.3 is 0 Å². The van der Waals surface area contributed by atoms with Crippen LogP contribution in [0.2, 0.25) is 0 Å². The molecule has 2 N–H and O–H groups in total. The summed E-state index contributed by atoms with van der Waals surface area (Å²) in [4.78, 5) is 12.4. The first-order chi connectivity index (χ1) is 14.6. The molecule has 0 unspecified atom stereocenters. The number of hydrogen-bond donors (Lipinski definition) is 2. The second kappa shape index (κ2) is 9.60. The molecular formula is C22H24N4O4. The number of carbonyl (C=O) groups is 1. The second-order valence-electron chi connectivity index (χ2n) is 6.37. The van der Waals surface area contributed by atoms with Gasteiger partial charge in [0.25, 0.3) is 5.91 Å². The number of aryl methyl sites for hydroxylation is 1. The molecule has 1 aromatic heterocycles. The number of methoxy groups -OCH3 is 3. The van der Waals surface area contributed by atoms with E-state index in [-0.39, 0.29) is 0 Å². The molecule has 8 heteroatoms. The van der Waals surface area contributed by atoms with Crippen LogP contribution in [0.25, 0.3) is 11.3 Å². The molecule has 0 saturated carbocycles. The molecule has 0 fully saturated rings. The monoisotopic (exact) mass is 408 g/mol. The quantitative estimate of drug-likeness (QED) is 0.440. The minimum atomic E-state index is -0.408. The number of aromatic amines is 1. The van der Waals surface area contributed by atoms with Crippen molar-refractivity contribution in [1.29, 1.82) is 0 Å². The Bertz CT molecular complexity index is 1040. The van der Waals surface area contributed by atoms with Crippen LogP contribution < -0.4 is 19.6 Å². The van der Waals surface area contributed by atoms with Gasteiger partial charge in [0.2, 0.25) is 0 Å². The maximum absolute atomic E-state index is 12.4. The number of rotatable bonds is 8. The van der Waals surface area contributed by atoms with Crippen LogP contribution in [0.1, 0.15) is 28.5 Å². The Labute approximate surface area is 174 Å². The van der Waals surface area contributed by atoms with E-state index >= 15 is 0 Å². The average Bonchev–Trinajstić information content (AvgIpc) is 3.29. The van der Waals surface area contributed by atoms with Crippen molar-refractivity contribution in [2.24, 2.45) is 5.10 Å². The summed E-state index contributed by atoms with van der Waals surface area (Å²) in [6.45, 7) is 2.10. The predicted octanol–water partition coefficient (Wildman–Crippen LogP) is 3.43. The zero-order chi connectivity index (χ0) is 21.5. The van der Waals surface area contributed by atoms with Gasteiger partial charge in [-0.3, -0.25) is 9.89 Å². The van der Waals surface area contributed by atoms with Crippen LogP contribution in [-0.2, 0) is 6.42 Å². The molecule has 1 amide bonds. The van der Waals surface area contributed by atoms with Gasteiger partial charge in [-0.15, -0.1) is 0 Å². The minimum absolute atomic E-state index is 0.306. The molecule has 2 aromatic carbocycles. The van der Waals surface area contributed by atoms with Gasteiger partial charge in [0.1, 0.15) is 11.4 Å². The number of H-pyrrole nitrogens is 1. The number of ether oxygens (including phenoxy) is 3. The summed E-state index contributed by atoms with van der Waals surface area (Å²) < 4.78 is 15.9. The van der Waals surface area contributed by atoms with Crippen molar-refractivity contribution in [3.05, 3.63) is 59.3 Å². The molecule has 0 atom stereocenters. The third-order valence-electron chi connectivity index (χ3n) is 4.59. The van der Waals surface area contributed by atoms with Gasteiger partial charge in [-0.05, 0) is 24.1 Å². The Balaban J connectivity index is 1.71. The lowest BCUT2D eigenvalue weighted by molar-refractivity contribution is 0.0950. The van der Waals surface area contributed by atoms with Crippen LogP contribution in [0.3, 0.4) is 0 Å². The number of amides is 1. The Morgan fingerprint density at radius 3 is 2.33 bits per heavy atom. The predicted molar refractivity (Wildman–Crippen MR) is 115 cm³/mol. The molecular weight excluding hydrogens is 384 g/mol. The zero-order valence-corrected chi connectivity index (χ0v) is 17.4. The third-order valence-corrected chi connectivity index (χ3v) is 4.59. The number of nitrogens with one attached hydrogen (secondary N) is 2. The molecule has 0 bridgehead atoms. The molecule has 0 saturated heterocycles. The molecule has 3 rings (SSSR count). The molecule has 0 spiro atoms. The first kappa shape index (κ1) is 20.9. The van der Waals surface area contributed by atoms with E-state index in [1.807, 2.05) is 24.3 Å². The van der Waals surface area contributed by atoms with E-state index in [4.69, 9.17) is 14.2 Å². The van der Waals surface area contributed by atoms with E-state index in [1.165, 1.54) is 18.9 Å². The standard InChI is InChI=1S/C22H24N4O4/c1-5-14-6-8-15(9-7-14)17-11-18(25-24-17)22(27)26-23-13-16-10-20(29-3)21(30-4)12-19(16)28-2/h6-13H,5H2,1-4H3,(H,24,25)(H,26,27)/b23-13+. The average molecular weight is 408 g/mol.